The number of imide groups is 1. The molecule has 188 valence electrons. The molecule has 1 aliphatic heterocycles. The SMILES string of the molecule is COc1ccc(-n2nc(C(F)(F)F)nc2-c2ccc(OCCN3C(=O)c4ccccc4C3=O)cc2)cc1. The Balaban J connectivity index is 1.32. The van der Waals surface area contributed by atoms with Gasteiger partial charge in [-0.05, 0) is 60.7 Å². The van der Waals surface area contributed by atoms with Gasteiger partial charge in [0.15, 0.2) is 5.82 Å². The number of benzene rings is 3. The van der Waals surface area contributed by atoms with E-state index in [2.05, 4.69) is 10.1 Å². The predicted octanol–water partition coefficient (Wildman–Crippen LogP) is 4.64. The van der Waals surface area contributed by atoms with Gasteiger partial charge in [-0.15, -0.1) is 5.10 Å². The summed E-state index contributed by atoms with van der Waals surface area (Å²) in [6.45, 7) is 0.0971. The molecule has 0 N–H and O–H groups in total. The first kappa shape index (κ1) is 24.0. The van der Waals surface area contributed by atoms with Gasteiger partial charge in [0.2, 0.25) is 0 Å². The molecule has 0 atom stereocenters. The largest absolute Gasteiger partial charge is 0.497 e. The zero-order chi connectivity index (χ0) is 26.2. The molecule has 5 rings (SSSR count). The van der Waals surface area contributed by atoms with Crippen molar-refractivity contribution in [2.75, 3.05) is 20.3 Å². The number of alkyl halides is 3. The molecule has 0 unspecified atom stereocenters. The average Bonchev–Trinajstić information content (AvgIpc) is 3.46. The quantitative estimate of drug-likeness (QED) is 0.338. The van der Waals surface area contributed by atoms with Crippen LogP contribution < -0.4 is 9.47 Å². The first-order valence-corrected chi connectivity index (χ1v) is 11.1. The van der Waals surface area contributed by atoms with Crippen LogP contribution in [0.4, 0.5) is 13.2 Å². The van der Waals surface area contributed by atoms with E-state index in [0.717, 1.165) is 9.58 Å². The van der Waals surface area contributed by atoms with Crippen LogP contribution >= 0.6 is 0 Å². The number of carbonyl (C=O) groups is 2. The molecule has 11 heteroatoms. The summed E-state index contributed by atoms with van der Waals surface area (Å²) in [6.07, 6.45) is -4.72. The van der Waals surface area contributed by atoms with Crippen molar-refractivity contribution >= 4 is 11.8 Å². The van der Waals surface area contributed by atoms with Crippen LogP contribution in [0, 0.1) is 0 Å². The Morgan fingerprint density at radius 3 is 2.00 bits per heavy atom. The Bertz CT molecular complexity index is 1430. The van der Waals surface area contributed by atoms with Crippen molar-refractivity contribution in [3.63, 3.8) is 0 Å². The van der Waals surface area contributed by atoms with Gasteiger partial charge in [-0.25, -0.2) is 9.67 Å². The van der Waals surface area contributed by atoms with Crippen molar-refractivity contribution in [1.82, 2.24) is 19.7 Å². The van der Waals surface area contributed by atoms with Gasteiger partial charge in [-0.3, -0.25) is 14.5 Å². The van der Waals surface area contributed by atoms with E-state index in [1.54, 1.807) is 72.8 Å². The van der Waals surface area contributed by atoms with E-state index in [0.29, 0.717) is 33.9 Å². The Kier molecular flexibility index (Phi) is 6.12. The van der Waals surface area contributed by atoms with Crippen molar-refractivity contribution in [2.24, 2.45) is 0 Å². The molecule has 0 aliphatic carbocycles. The molecule has 37 heavy (non-hydrogen) atoms. The first-order chi connectivity index (χ1) is 17.8. The molecule has 0 bridgehead atoms. The molecule has 0 spiro atoms. The number of hydrogen-bond acceptors (Lipinski definition) is 6. The van der Waals surface area contributed by atoms with E-state index in [1.165, 1.54) is 7.11 Å². The summed E-state index contributed by atoms with van der Waals surface area (Å²) in [5, 5.41) is 3.67. The summed E-state index contributed by atoms with van der Waals surface area (Å²) >= 11 is 0. The van der Waals surface area contributed by atoms with Gasteiger partial charge in [0, 0.05) is 5.56 Å². The molecule has 4 aromatic rings. The molecular weight excluding hydrogens is 489 g/mol. The number of fused-ring (bicyclic) bond motifs is 1. The minimum absolute atomic E-state index is 0.00457. The standard InChI is InChI=1S/C26H19F3N4O4/c1-36-18-12-8-17(9-13-18)33-22(30-25(31-33)26(27,28)29)16-6-10-19(11-7-16)37-15-14-32-23(34)20-4-2-3-5-21(20)24(32)35/h2-13H,14-15H2,1H3. The summed E-state index contributed by atoms with van der Waals surface area (Å²) in [5.41, 5.74) is 1.47. The highest BCUT2D eigenvalue weighted by Gasteiger charge is 2.37. The number of rotatable bonds is 7. The fraction of sp³-hybridized carbons (Fsp3) is 0.154. The van der Waals surface area contributed by atoms with Gasteiger partial charge >= 0.3 is 6.18 Å². The van der Waals surface area contributed by atoms with E-state index in [-0.39, 0.29) is 30.8 Å². The molecule has 1 aromatic heterocycles. The maximum atomic E-state index is 13.4. The van der Waals surface area contributed by atoms with E-state index in [1.807, 2.05) is 0 Å². The normalized spacial score (nSPS) is 13.1. The van der Waals surface area contributed by atoms with Crippen molar-refractivity contribution in [3.8, 4) is 28.6 Å². The summed E-state index contributed by atoms with van der Waals surface area (Å²) in [7, 11) is 1.49. The second kappa shape index (κ2) is 9.41. The molecule has 3 aromatic carbocycles. The minimum Gasteiger partial charge on any atom is -0.497 e. The number of carbonyl (C=O) groups excluding carboxylic acids is 2. The maximum absolute atomic E-state index is 13.4. The highest BCUT2D eigenvalue weighted by Crippen LogP contribution is 2.31. The molecule has 0 fully saturated rings. The Morgan fingerprint density at radius 1 is 0.838 bits per heavy atom. The van der Waals surface area contributed by atoms with Gasteiger partial charge in [0.25, 0.3) is 17.6 Å². The number of methoxy groups -OCH3 is 1. The third-order valence-corrected chi connectivity index (χ3v) is 5.75. The predicted molar refractivity (Wildman–Crippen MR) is 126 cm³/mol. The number of hydrogen-bond donors (Lipinski definition) is 0. The lowest BCUT2D eigenvalue weighted by Gasteiger charge is -2.14. The van der Waals surface area contributed by atoms with E-state index >= 15 is 0 Å². The van der Waals surface area contributed by atoms with Crippen molar-refractivity contribution < 1.29 is 32.2 Å². The zero-order valence-electron chi connectivity index (χ0n) is 19.4. The van der Waals surface area contributed by atoms with Crippen LogP contribution in [0.2, 0.25) is 0 Å². The maximum Gasteiger partial charge on any atom is 0.453 e. The van der Waals surface area contributed by atoms with Gasteiger partial charge in [0.05, 0.1) is 30.5 Å². The molecule has 2 amide bonds. The summed E-state index contributed by atoms with van der Waals surface area (Å²) < 4.78 is 52.0. The van der Waals surface area contributed by atoms with Crippen LogP contribution in [0.15, 0.2) is 72.8 Å². The molecule has 0 radical (unpaired) electrons. The number of halogens is 3. The molecule has 0 saturated heterocycles. The fourth-order valence-corrected chi connectivity index (χ4v) is 3.92. The van der Waals surface area contributed by atoms with Gasteiger partial charge in [-0.1, -0.05) is 12.1 Å². The lowest BCUT2D eigenvalue weighted by molar-refractivity contribution is -0.144. The van der Waals surface area contributed by atoms with E-state index in [4.69, 9.17) is 9.47 Å². The summed E-state index contributed by atoms with van der Waals surface area (Å²) in [4.78, 5) is 29.8. The summed E-state index contributed by atoms with van der Waals surface area (Å²) in [5.74, 6) is -1.07. The highest BCUT2D eigenvalue weighted by molar-refractivity contribution is 6.21. The van der Waals surface area contributed by atoms with Crippen LogP contribution in [0.5, 0.6) is 11.5 Å². The topological polar surface area (TPSA) is 86.6 Å². The lowest BCUT2D eigenvalue weighted by atomic mass is 10.1. The molecular formula is C26H19F3N4O4. The van der Waals surface area contributed by atoms with Crippen LogP contribution in [-0.4, -0.2) is 51.7 Å². The fourth-order valence-electron chi connectivity index (χ4n) is 3.92. The van der Waals surface area contributed by atoms with E-state index in [9.17, 15) is 22.8 Å². The third-order valence-electron chi connectivity index (χ3n) is 5.75. The van der Waals surface area contributed by atoms with Crippen molar-refractivity contribution in [2.45, 2.75) is 6.18 Å². The molecule has 2 heterocycles. The number of amides is 2. The average molecular weight is 508 g/mol. The Labute approximate surface area is 208 Å². The van der Waals surface area contributed by atoms with Gasteiger partial charge in [-0.2, -0.15) is 13.2 Å². The monoisotopic (exact) mass is 508 g/mol. The molecule has 8 nitrogen and oxygen atoms in total. The zero-order valence-corrected chi connectivity index (χ0v) is 19.4. The Morgan fingerprint density at radius 2 is 1.43 bits per heavy atom. The van der Waals surface area contributed by atoms with Crippen molar-refractivity contribution in [1.29, 1.82) is 0 Å². The second-order valence-electron chi connectivity index (χ2n) is 8.05. The first-order valence-electron chi connectivity index (χ1n) is 11.1. The van der Waals surface area contributed by atoms with Gasteiger partial charge in [0.1, 0.15) is 18.1 Å². The van der Waals surface area contributed by atoms with Crippen molar-refractivity contribution in [3.05, 3.63) is 89.7 Å². The highest BCUT2D eigenvalue weighted by atomic mass is 19.4. The second-order valence-corrected chi connectivity index (χ2v) is 8.05. The molecule has 0 saturated carbocycles. The van der Waals surface area contributed by atoms with Crippen LogP contribution in [0.1, 0.15) is 26.5 Å². The number of nitrogens with zero attached hydrogens (tertiary/aromatic N) is 4. The van der Waals surface area contributed by atoms with Crippen LogP contribution in [0.25, 0.3) is 17.1 Å². The minimum atomic E-state index is -4.72. The smallest absolute Gasteiger partial charge is 0.453 e. The van der Waals surface area contributed by atoms with Crippen LogP contribution in [-0.2, 0) is 6.18 Å². The lowest BCUT2D eigenvalue weighted by Crippen LogP contribution is -2.33. The summed E-state index contributed by atoms with van der Waals surface area (Å²) in [6, 6.07) is 19.2. The van der Waals surface area contributed by atoms with Gasteiger partial charge < -0.3 is 9.47 Å². The van der Waals surface area contributed by atoms with Crippen LogP contribution in [0.3, 0.4) is 0 Å². The van der Waals surface area contributed by atoms with E-state index < -0.39 is 12.0 Å². The third kappa shape index (κ3) is 4.63. The number of aromatic nitrogens is 3. The molecule has 1 aliphatic rings. The Hall–Kier alpha value is -4.67. The number of ether oxygens (including phenoxy) is 2.